The minimum absolute atomic E-state index is 0.331. The Hall–Kier alpha value is -1.61. The van der Waals surface area contributed by atoms with Crippen LogP contribution in [0.4, 0.5) is 0 Å². The van der Waals surface area contributed by atoms with Crippen LogP contribution in [0.3, 0.4) is 0 Å². The molecule has 17 heavy (non-hydrogen) atoms. The maximum Gasteiger partial charge on any atom is 0.335 e. The van der Waals surface area contributed by atoms with Crippen LogP contribution in [0.1, 0.15) is 15.9 Å². The number of aromatic carboxylic acids is 1. The number of carboxylic acids is 1. The summed E-state index contributed by atoms with van der Waals surface area (Å²) >= 11 is 3.36. The number of halogens is 1. The van der Waals surface area contributed by atoms with E-state index in [0.717, 1.165) is 5.33 Å². The van der Waals surface area contributed by atoms with Crippen molar-refractivity contribution in [2.45, 2.75) is 5.33 Å². The van der Waals surface area contributed by atoms with Gasteiger partial charge in [0, 0.05) is 5.33 Å². The van der Waals surface area contributed by atoms with Gasteiger partial charge < -0.3 is 5.11 Å². The average molecular weight is 293 g/mol. The lowest BCUT2D eigenvalue weighted by Gasteiger charge is -1.88. The van der Waals surface area contributed by atoms with Crippen LogP contribution in [0.15, 0.2) is 60.7 Å². The molecule has 0 saturated heterocycles. The summed E-state index contributed by atoms with van der Waals surface area (Å²) in [6.45, 7) is 0. The van der Waals surface area contributed by atoms with E-state index in [0.29, 0.717) is 5.56 Å². The van der Waals surface area contributed by atoms with Crippen molar-refractivity contribution in [1.29, 1.82) is 0 Å². The first-order valence-electron chi connectivity index (χ1n) is 5.12. The van der Waals surface area contributed by atoms with Gasteiger partial charge in [0.2, 0.25) is 0 Å². The molecule has 0 fully saturated rings. The van der Waals surface area contributed by atoms with Gasteiger partial charge in [-0.2, -0.15) is 0 Å². The maximum atomic E-state index is 10.2. The summed E-state index contributed by atoms with van der Waals surface area (Å²) in [5.41, 5.74) is 1.66. The molecular formula is C14H13BrO2. The lowest BCUT2D eigenvalue weighted by Crippen LogP contribution is -1.93. The van der Waals surface area contributed by atoms with Crippen LogP contribution in [0.2, 0.25) is 0 Å². The van der Waals surface area contributed by atoms with Crippen molar-refractivity contribution >= 4 is 21.9 Å². The Morgan fingerprint density at radius 1 is 0.941 bits per heavy atom. The minimum atomic E-state index is -0.879. The van der Waals surface area contributed by atoms with E-state index in [-0.39, 0.29) is 0 Å². The highest BCUT2D eigenvalue weighted by Gasteiger charge is 1.96. The quantitative estimate of drug-likeness (QED) is 0.851. The van der Waals surface area contributed by atoms with E-state index >= 15 is 0 Å². The topological polar surface area (TPSA) is 37.3 Å². The highest BCUT2D eigenvalue weighted by Crippen LogP contribution is 2.02. The molecule has 3 heteroatoms. The highest BCUT2D eigenvalue weighted by atomic mass is 79.9. The molecule has 0 aromatic heterocycles. The minimum Gasteiger partial charge on any atom is -0.478 e. The Balaban J connectivity index is 0.000000171. The standard InChI is InChI=1S/C7H7Br.C7H6O2/c8-6-7-4-2-1-3-5-7;8-7(9)6-4-2-1-3-5-6/h1-5H,6H2;1-5H,(H,8,9). The van der Waals surface area contributed by atoms with E-state index < -0.39 is 5.97 Å². The van der Waals surface area contributed by atoms with Gasteiger partial charge >= 0.3 is 5.97 Å². The first-order valence-corrected chi connectivity index (χ1v) is 6.24. The van der Waals surface area contributed by atoms with Gasteiger partial charge in [-0.3, -0.25) is 0 Å². The monoisotopic (exact) mass is 292 g/mol. The molecule has 0 radical (unpaired) electrons. The molecule has 88 valence electrons. The number of rotatable bonds is 2. The summed E-state index contributed by atoms with van der Waals surface area (Å²) in [6.07, 6.45) is 0. The van der Waals surface area contributed by atoms with Crippen molar-refractivity contribution in [3.8, 4) is 0 Å². The third-order valence-electron chi connectivity index (χ3n) is 2.02. The molecular weight excluding hydrogens is 280 g/mol. The molecule has 0 saturated carbocycles. The molecule has 2 nitrogen and oxygen atoms in total. The van der Waals surface area contributed by atoms with Crippen LogP contribution in [0.25, 0.3) is 0 Å². The second-order valence-electron chi connectivity index (χ2n) is 3.29. The largest absolute Gasteiger partial charge is 0.478 e. The predicted octanol–water partition coefficient (Wildman–Crippen LogP) is 3.97. The first kappa shape index (κ1) is 13.5. The smallest absolute Gasteiger partial charge is 0.335 e. The lowest BCUT2D eigenvalue weighted by atomic mass is 10.2. The zero-order valence-electron chi connectivity index (χ0n) is 9.21. The summed E-state index contributed by atoms with van der Waals surface area (Å²) in [4.78, 5) is 10.2. The average Bonchev–Trinajstić information content (AvgIpc) is 2.41. The van der Waals surface area contributed by atoms with Gasteiger partial charge in [0.1, 0.15) is 0 Å². The second kappa shape index (κ2) is 7.63. The van der Waals surface area contributed by atoms with E-state index in [1.807, 2.05) is 18.2 Å². The fraction of sp³-hybridized carbons (Fsp3) is 0.0714. The molecule has 0 aliphatic heterocycles. The molecule has 0 aliphatic carbocycles. The summed E-state index contributed by atoms with van der Waals surface area (Å²) in [7, 11) is 0. The zero-order valence-corrected chi connectivity index (χ0v) is 10.8. The van der Waals surface area contributed by atoms with Gasteiger partial charge in [-0.1, -0.05) is 64.5 Å². The number of alkyl halides is 1. The van der Waals surface area contributed by atoms with Gasteiger partial charge in [0.25, 0.3) is 0 Å². The second-order valence-corrected chi connectivity index (χ2v) is 3.85. The van der Waals surface area contributed by atoms with Crippen LogP contribution in [0, 0.1) is 0 Å². The molecule has 0 atom stereocenters. The van der Waals surface area contributed by atoms with Gasteiger partial charge in [0.05, 0.1) is 5.56 Å². The van der Waals surface area contributed by atoms with Crippen molar-refractivity contribution in [2.75, 3.05) is 0 Å². The van der Waals surface area contributed by atoms with Gasteiger partial charge in [-0.05, 0) is 17.7 Å². The number of carbonyl (C=O) groups is 1. The molecule has 1 N–H and O–H groups in total. The molecule has 0 unspecified atom stereocenters. The Kier molecular flexibility index (Phi) is 6.04. The lowest BCUT2D eigenvalue weighted by molar-refractivity contribution is 0.0697. The maximum absolute atomic E-state index is 10.2. The number of benzene rings is 2. The third-order valence-corrected chi connectivity index (χ3v) is 2.67. The van der Waals surface area contributed by atoms with Gasteiger partial charge in [-0.25, -0.2) is 4.79 Å². The summed E-state index contributed by atoms with van der Waals surface area (Å²) in [6, 6.07) is 18.6. The zero-order chi connectivity index (χ0) is 12.5. The van der Waals surface area contributed by atoms with Crippen LogP contribution >= 0.6 is 15.9 Å². The van der Waals surface area contributed by atoms with Crippen molar-refractivity contribution in [2.24, 2.45) is 0 Å². The molecule has 0 heterocycles. The predicted molar refractivity (Wildman–Crippen MR) is 72.5 cm³/mol. The van der Waals surface area contributed by atoms with Crippen molar-refractivity contribution in [1.82, 2.24) is 0 Å². The van der Waals surface area contributed by atoms with E-state index in [9.17, 15) is 4.79 Å². The Morgan fingerprint density at radius 2 is 1.41 bits per heavy atom. The molecule has 0 amide bonds. The summed E-state index contributed by atoms with van der Waals surface area (Å²) in [5, 5.41) is 9.34. The normalized spacial score (nSPS) is 9.00. The van der Waals surface area contributed by atoms with E-state index in [1.54, 1.807) is 30.3 Å². The Labute approximate surface area is 109 Å². The number of hydrogen-bond acceptors (Lipinski definition) is 1. The van der Waals surface area contributed by atoms with Crippen molar-refractivity contribution in [3.05, 3.63) is 71.8 Å². The molecule has 2 rings (SSSR count). The van der Waals surface area contributed by atoms with E-state index in [1.165, 1.54) is 5.56 Å². The van der Waals surface area contributed by atoms with E-state index in [4.69, 9.17) is 5.11 Å². The Morgan fingerprint density at radius 3 is 1.71 bits per heavy atom. The first-order chi connectivity index (χ1) is 8.24. The van der Waals surface area contributed by atoms with Gasteiger partial charge in [-0.15, -0.1) is 0 Å². The van der Waals surface area contributed by atoms with E-state index in [2.05, 4.69) is 28.1 Å². The summed E-state index contributed by atoms with van der Waals surface area (Å²) in [5.74, 6) is -0.879. The van der Waals surface area contributed by atoms with Crippen molar-refractivity contribution in [3.63, 3.8) is 0 Å². The molecule has 0 spiro atoms. The molecule has 0 bridgehead atoms. The molecule has 2 aromatic carbocycles. The number of hydrogen-bond donors (Lipinski definition) is 1. The van der Waals surface area contributed by atoms with Crippen molar-refractivity contribution < 1.29 is 9.90 Å². The van der Waals surface area contributed by atoms with Crippen LogP contribution in [-0.2, 0) is 5.33 Å². The Bertz CT molecular complexity index is 440. The highest BCUT2D eigenvalue weighted by molar-refractivity contribution is 9.08. The molecule has 0 aliphatic rings. The fourth-order valence-corrected chi connectivity index (χ4v) is 1.52. The van der Waals surface area contributed by atoms with Gasteiger partial charge in [0.15, 0.2) is 0 Å². The number of carboxylic acid groups (broad SMARTS) is 1. The van der Waals surface area contributed by atoms with Crippen LogP contribution in [-0.4, -0.2) is 11.1 Å². The van der Waals surface area contributed by atoms with Crippen LogP contribution in [0.5, 0.6) is 0 Å². The van der Waals surface area contributed by atoms with Crippen LogP contribution < -0.4 is 0 Å². The SMILES string of the molecule is BrCc1ccccc1.O=C(O)c1ccccc1. The molecule has 2 aromatic rings. The third kappa shape index (κ3) is 5.31. The summed E-state index contributed by atoms with van der Waals surface area (Å²) < 4.78 is 0. The fourth-order valence-electron chi connectivity index (χ4n) is 1.15.